The third-order valence-electron chi connectivity index (χ3n) is 5.25. The summed E-state index contributed by atoms with van der Waals surface area (Å²) in [6.07, 6.45) is -0.423. The Balaban J connectivity index is 1.32. The van der Waals surface area contributed by atoms with Crippen molar-refractivity contribution in [3.05, 3.63) is 95.1 Å². The lowest BCUT2D eigenvalue weighted by atomic mass is 9.98. The van der Waals surface area contributed by atoms with E-state index < -0.39 is 6.09 Å². The van der Waals surface area contributed by atoms with Crippen LogP contribution in [-0.2, 0) is 21.8 Å². The molecule has 3 aromatic carbocycles. The maximum atomic E-state index is 12.3. The smallest absolute Gasteiger partial charge is 0.407 e. The number of hydrogen-bond donors (Lipinski definition) is 1. The number of rotatable bonds is 6. The second kappa shape index (κ2) is 9.18. The molecule has 1 aliphatic carbocycles. The Morgan fingerprint density at radius 1 is 0.867 bits per heavy atom. The predicted molar refractivity (Wildman–Crippen MR) is 120 cm³/mol. The Kier molecular flexibility index (Phi) is 6.19. The van der Waals surface area contributed by atoms with E-state index in [2.05, 4.69) is 29.6 Å². The number of carbonyl (C=O) groups excluding carboxylic acids is 2. The SMILES string of the molecule is CC(=O)SCc1ccc(CNC(=O)OCC2c3ccccc3-c3ccccc32)cc1. The Hall–Kier alpha value is -3.05. The third kappa shape index (κ3) is 4.57. The largest absolute Gasteiger partial charge is 0.449 e. The van der Waals surface area contributed by atoms with E-state index in [9.17, 15) is 9.59 Å². The topological polar surface area (TPSA) is 55.4 Å². The van der Waals surface area contributed by atoms with Crippen LogP contribution in [0, 0.1) is 0 Å². The van der Waals surface area contributed by atoms with E-state index in [-0.39, 0.29) is 11.0 Å². The molecular weight excluding hydrogens is 394 g/mol. The molecule has 152 valence electrons. The van der Waals surface area contributed by atoms with Crippen molar-refractivity contribution in [3.63, 3.8) is 0 Å². The van der Waals surface area contributed by atoms with E-state index in [1.165, 1.54) is 34.0 Å². The van der Waals surface area contributed by atoms with Crippen LogP contribution in [0.15, 0.2) is 72.8 Å². The van der Waals surface area contributed by atoms with Crippen molar-refractivity contribution in [1.82, 2.24) is 5.32 Å². The molecule has 0 radical (unpaired) electrons. The molecule has 4 rings (SSSR count). The predicted octanol–water partition coefficient (Wildman–Crippen LogP) is 5.51. The van der Waals surface area contributed by atoms with Crippen LogP contribution in [-0.4, -0.2) is 17.8 Å². The van der Waals surface area contributed by atoms with Crippen LogP contribution >= 0.6 is 11.8 Å². The van der Waals surface area contributed by atoms with Crippen molar-refractivity contribution in [2.45, 2.75) is 25.1 Å². The number of hydrogen-bond acceptors (Lipinski definition) is 4. The van der Waals surface area contributed by atoms with Gasteiger partial charge in [0.05, 0.1) is 0 Å². The van der Waals surface area contributed by atoms with Gasteiger partial charge in [-0.05, 0) is 33.4 Å². The number of thioether (sulfide) groups is 1. The Morgan fingerprint density at radius 2 is 1.43 bits per heavy atom. The number of fused-ring (bicyclic) bond motifs is 3. The molecule has 0 unspecified atom stereocenters. The second-order valence-corrected chi connectivity index (χ2v) is 8.43. The van der Waals surface area contributed by atoms with Crippen LogP contribution in [0.2, 0.25) is 0 Å². The summed E-state index contributed by atoms with van der Waals surface area (Å²) in [5.74, 6) is 0.719. The van der Waals surface area contributed by atoms with Crippen molar-refractivity contribution in [2.75, 3.05) is 6.61 Å². The molecule has 1 N–H and O–H groups in total. The summed E-state index contributed by atoms with van der Waals surface area (Å²) in [6.45, 7) is 2.27. The molecule has 1 aliphatic rings. The lowest BCUT2D eigenvalue weighted by Crippen LogP contribution is -2.25. The van der Waals surface area contributed by atoms with E-state index in [0.717, 1.165) is 11.1 Å². The first-order valence-corrected chi connectivity index (χ1v) is 10.9. The van der Waals surface area contributed by atoms with E-state index in [1.54, 1.807) is 6.92 Å². The highest BCUT2D eigenvalue weighted by molar-refractivity contribution is 8.12. The normalized spacial score (nSPS) is 12.2. The molecule has 0 saturated carbocycles. The molecule has 4 nitrogen and oxygen atoms in total. The summed E-state index contributed by atoms with van der Waals surface area (Å²) in [5.41, 5.74) is 6.89. The van der Waals surface area contributed by atoms with Gasteiger partial charge in [0.1, 0.15) is 6.61 Å². The molecule has 0 fully saturated rings. The van der Waals surface area contributed by atoms with Crippen molar-refractivity contribution in [2.24, 2.45) is 0 Å². The molecular formula is C25H23NO3S. The van der Waals surface area contributed by atoms with Gasteiger partial charge >= 0.3 is 6.09 Å². The summed E-state index contributed by atoms with van der Waals surface area (Å²) in [6, 6.07) is 24.4. The number of amides is 1. The first-order valence-electron chi connectivity index (χ1n) is 9.92. The molecule has 3 aromatic rings. The second-order valence-electron chi connectivity index (χ2n) is 7.28. The fourth-order valence-corrected chi connectivity index (χ4v) is 4.32. The lowest BCUT2D eigenvalue weighted by Gasteiger charge is -2.14. The van der Waals surface area contributed by atoms with Gasteiger partial charge in [0, 0.05) is 25.1 Å². The van der Waals surface area contributed by atoms with Gasteiger partial charge in [0.2, 0.25) is 0 Å². The maximum absolute atomic E-state index is 12.3. The van der Waals surface area contributed by atoms with Gasteiger partial charge in [-0.1, -0.05) is 84.6 Å². The standard InChI is InChI=1S/C25H23NO3S/c1-17(27)30-16-19-12-10-18(11-13-19)14-26-25(28)29-15-24-22-8-4-2-6-20(22)21-7-3-5-9-23(21)24/h2-13,24H,14-16H2,1H3,(H,26,28). The molecule has 0 atom stereocenters. The summed E-state index contributed by atoms with van der Waals surface area (Å²) < 4.78 is 5.56. The summed E-state index contributed by atoms with van der Waals surface area (Å²) >= 11 is 1.29. The van der Waals surface area contributed by atoms with Crippen molar-refractivity contribution < 1.29 is 14.3 Å². The molecule has 0 aromatic heterocycles. The molecule has 0 aliphatic heterocycles. The van der Waals surface area contributed by atoms with Crippen molar-refractivity contribution in [3.8, 4) is 11.1 Å². The third-order valence-corrected chi connectivity index (χ3v) is 6.13. The molecule has 0 bridgehead atoms. The van der Waals surface area contributed by atoms with Crippen LogP contribution in [0.3, 0.4) is 0 Å². The minimum atomic E-state index is -0.423. The highest BCUT2D eigenvalue weighted by Gasteiger charge is 2.28. The minimum absolute atomic E-state index is 0.0567. The maximum Gasteiger partial charge on any atom is 0.407 e. The van der Waals surface area contributed by atoms with Crippen molar-refractivity contribution >= 4 is 23.0 Å². The van der Waals surface area contributed by atoms with E-state index in [4.69, 9.17) is 4.74 Å². The molecule has 0 saturated heterocycles. The number of alkyl carbamates (subject to hydrolysis) is 1. The number of benzene rings is 3. The van der Waals surface area contributed by atoms with Crippen LogP contribution in [0.25, 0.3) is 11.1 Å². The summed E-state index contributed by atoms with van der Waals surface area (Å²) in [4.78, 5) is 23.3. The average Bonchev–Trinajstić information content (AvgIpc) is 3.09. The first-order chi connectivity index (χ1) is 14.6. The van der Waals surface area contributed by atoms with Crippen LogP contribution < -0.4 is 5.32 Å². The van der Waals surface area contributed by atoms with Gasteiger partial charge < -0.3 is 10.1 Å². The van der Waals surface area contributed by atoms with E-state index in [1.807, 2.05) is 48.5 Å². The van der Waals surface area contributed by atoms with E-state index in [0.29, 0.717) is 18.9 Å². The fraction of sp³-hybridized carbons (Fsp3) is 0.200. The minimum Gasteiger partial charge on any atom is -0.449 e. The van der Waals surface area contributed by atoms with Crippen molar-refractivity contribution in [1.29, 1.82) is 0 Å². The van der Waals surface area contributed by atoms with Gasteiger partial charge in [-0.3, -0.25) is 4.79 Å². The highest BCUT2D eigenvalue weighted by Crippen LogP contribution is 2.44. The molecule has 30 heavy (non-hydrogen) atoms. The zero-order valence-electron chi connectivity index (χ0n) is 16.8. The van der Waals surface area contributed by atoms with Gasteiger partial charge in [-0.2, -0.15) is 0 Å². The number of carbonyl (C=O) groups is 2. The van der Waals surface area contributed by atoms with Gasteiger partial charge in [0.25, 0.3) is 0 Å². The Bertz CT molecular complexity index is 1020. The van der Waals surface area contributed by atoms with Gasteiger partial charge in [0.15, 0.2) is 5.12 Å². The summed E-state index contributed by atoms with van der Waals surface area (Å²) in [5, 5.41) is 2.93. The zero-order valence-corrected chi connectivity index (χ0v) is 17.6. The quantitative estimate of drug-likeness (QED) is 0.575. The Labute approximate surface area is 180 Å². The zero-order chi connectivity index (χ0) is 20.9. The van der Waals surface area contributed by atoms with Gasteiger partial charge in [-0.15, -0.1) is 0 Å². The Morgan fingerprint density at radius 3 is 2.03 bits per heavy atom. The fourth-order valence-electron chi connectivity index (χ4n) is 3.76. The molecule has 1 amide bonds. The summed E-state index contributed by atoms with van der Waals surface area (Å²) in [7, 11) is 0. The first kappa shape index (κ1) is 20.2. The van der Waals surface area contributed by atoms with E-state index >= 15 is 0 Å². The molecule has 0 spiro atoms. The van der Waals surface area contributed by atoms with Crippen LogP contribution in [0.1, 0.15) is 35.1 Å². The van der Waals surface area contributed by atoms with Crippen LogP contribution in [0.5, 0.6) is 0 Å². The number of ether oxygens (including phenoxy) is 1. The molecule has 5 heteroatoms. The number of nitrogens with one attached hydrogen (secondary N) is 1. The van der Waals surface area contributed by atoms with Gasteiger partial charge in [-0.25, -0.2) is 4.79 Å². The average molecular weight is 418 g/mol. The highest BCUT2D eigenvalue weighted by atomic mass is 32.2. The van der Waals surface area contributed by atoms with Crippen LogP contribution in [0.4, 0.5) is 4.79 Å². The molecule has 0 heterocycles. The monoisotopic (exact) mass is 417 g/mol. The lowest BCUT2D eigenvalue weighted by molar-refractivity contribution is -0.109.